The molecule has 0 N–H and O–H groups in total. The van der Waals surface area contributed by atoms with E-state index < -0.39 is 5.60 Å². The van der Waals surface area contributed by atoms with Crippen LogP contribution in [0.2, 0.25) is 0 Å². The summed E-state index contributed by atoms with van der Waals surface area (Å²) in [4.78, 5) is 12.4. The summed E-state index contributed by atoms with van der Waals surface area (Å²) in [5.74, 6) is -0.204. The third kappa shape index (κ3) is 2.84. The number of rotatable bonds is 2. The van der Waals surface area contributed by atoms with Crippen LogP contribution in [0.15, 0.2) is 11.4 Å². The Balaban J connectivity index is 2.80. The van der Waals surface area contributed by atoms with Gasteiger partial charge in [-0.3, -0.25) is 0 Å². The minimum atomic E-state index is -0.411. The summed E-state index contributed by atoms with van der Waals surface area (Å²) in [5.41, 5.74) is 0.663. The molecule has 0 aromatic carbocycles. The van der Waals surface area contributed by atoms with E-state index in [0.717, 1.165) is 16.9 Å². The van der Waals surface area contributed by atoms with Crippen LogP contribution in [0.5, 0.6) is 0 Å². The average molecular weight is 212 g/mol. The zero-order chi connectivity index (χ0) is 10.8. The number of carbonyl (C=O) groups is 1. The molecule has 0 aliphatic carbocycles. The summed E-state index contributed by atoms with van der Waals surface area (Å²) in [5, 5.41) is 1.93. The zero-order valence-electron chi connectivity index (χ0n) is 9.09. The molecule has 78 valence electrons. The summed E-state index contributed by atoms with van der Waals surface area (Å²) in [6.07, 6.45) is 0.873. The maximum Gasteiger partial charge on any atom is 0.349 e. The van der Waals surface area contributed by atoms with Crippen LogP contribution >= 0.6 is 11.3 Å². The maximum atomic E-state index is 11.7. The van der Waals surface area contributed by atoms with Crippen LogP contribution in [0.4, 0.5) is 0 Å². The second-order valence-electron chi connectivity index (χ2n) is 4.13. The van der Waals surface area contributed by atoms with Crippen LogP contribution in [0.1, 0.15) is 42.9 Å². The lowest BCUT2D eigenvalue weighted by Crippen LogP contribution is -2.23. The molecule has 14 heavy (non-hydrogen) atoms. The molecule has 0 fully saturated rings. The highest BCUT2D eigenvalue weighted by atomic mass is 32.1. The molecular weight excluding hydrogens is 196 g/mol. The molecule has 3 heteroatoms. The Morgan fingerprint density at radius 2 is 2.14 bits per heavy atom. The molecule has 1 rings (SSSR count). The smallest absolute Gasteiger partial charge is 0.349 e. The molecule has 1 aromatic heterocycles. The van der Waals surface area contributed by atoms with Crippen molar-refractivity contribution in [1.82, 2.24) is 0 Å². The highest BCUT2D eigenvalue weighted by Gasteiger charge is 2.20. The lowest BCUT2D eigenvalue weighted by Gasteiger charge is -2.19. The van der Waals surface area contributed by atoms with E-state index in [4.69, 9.17) is 4.74 Å². The Morgan fingerprint density at radius 3 is 2.64 bits per heavy atom. The van der Waals surface area contributed by atoms with Crippen LogP contribution in [0, 0.1) is 0 Å². The van der Waals surface area contributed by atoms with E-state index in [-0.39, 0.29) is 5.97 Å². The van der Waals surface area contributed by atoms with Gasteiger partial charge in [-0.25, -0.2) is 4.79 Å². The van der Waals surface area contributed by atoms with Crippen molar-refractivity contribution in [3.8, 4) is 0 Å². The van der Waals surface area contributed by atoms with Crippen molar-refractivity contribution in [3.05, 3.63) is 21.9 Å². The van der Waals surface area contributed by atoms with Crippen molar-refractivity contribution >= 4 is 17.3 Å². The lowest BCUT2D eigenvalue weighted by molar-refractivity contribution is 0.00742. The Kier molecular flexibility index (Phi) is 3.32. The molecule has 0 bridgehead atoms. The van der Waals surface area contributed by atoms with Gasteiger partial charge in [-0.15, -0.1) is 11.3 Å². The number of carbonyl (C=O) groups excluding carboxylic acids is 1. The van der Waals surface area contributed by atoms with Gasteiger partial charge in [0.25, 0.3) is 0 Å². The van der Waals surface area contributed by atoms with Gasteiger partial charge in [0.2, 0.25) is 0 Å². The van der Waals surface area contributed by atoms with Gasteiger partial charge in [-0.2, -0.15) is 0 Å². The van der Waals surface area contributed by atoms with Crippen molar-refractivity contribution in [2.24, 2.45) is 0 Å². The highest BCUT2D eigenvalue weighted by molar-refractivity contribution is 7.12. The van der Waals surface area contributed by atoms with Crippen molar-refractivity contribution in [1.29, 1.82) is 0 Å². The first-order valence-corrected chi connectivity index (χ1v) is 5.61. The van der Waals surface area contributed by atoms with Crippen LogP contribution in [0.3, 0.4) is 0 Å². The molecule has 0 spiro atoms. The average Bonchev–Trinajstić information content (AvgIpc) is 2.47. The van der Waals surface area contributed by atoms with E-state index in [2.05, 4.69) is 0 Å². The summed E-state index contributed by atoms with van der Waals surface area (Å²) in [7, 11) is 0. The number of thiophene rings is 1. The first-order chi connectivity index (χ1) is 6.44. The van der Waals surface area contributed by atoms with Crippen molar-refractivity contribution in [2.75, 3.05) is 0 Å². The van der Waals surface area contributed by atoms with Gasteiger partial charge in [-0.1, -0.05) is 6.92 Å². The van der Waals surface area contributed by atoms with Gasteiger partial charge < -0.3 is 4.74 Å². The topological polar surface area (TPSA) is 26.3 Å². The third-order valence-corrected chi connectivity index (χ3v) is 2.65. The molecule has 0 saturated carbocycles. The van der Waals surface area contributed by atoms with Gasteiger partial charge in [0.1, 0.15) is 10.5 Å². The zero-order valence-corrected chi connectivity index (χ0v) is 9.90. The predicted molar refractivity (Wildman–Crippen MR) is 58.9 cm³/mol. The molecule has 1 heterocycles. The summed E-state index contributed by atoms with van der Waals surface area (Å²) >= 11 is 1.45. The summed E-state index contributed by atoms with van der Waals surface area (Å²) < 4.78 is 5.30. The number of aryl methyl sites for hydroxylation is 1. The Morgan fingerprint density at radius 1 is 1.50 bits per heavy atom. The first-order valence-electron chi connectivity index (χ1n) is 4.73. The number of hydrogen-bond donors (Lipinski definition) is 0. The highest BCUT2D eigenvalue weighted by Crippen LogP contribution is 2.21. The molecule has 0 saturated heterocycles. The van der Waals surface area contributed by atoms with E-state index in [1.165, 1.54) is 11.3 Å². The van der Waals surface area contributed by atoms with Gasteiger partial charge in [0.15, 0.2) is 0 Å². The van der Waals surface area contributed by atoms with Crippen LogP contribution in [-0.2, 0) is 11.2 Å². The van der Waals surface area contributed by atoms with Gasteiger partial charge >= 0.3 is 5.97 Å². The normalized spacial score (nSPS) is 11.4. The Labute approximate surface area is 88.9 Å². The Bertz CT molecular complexity index is 320. The second-order valence-corrected chi connectivity index (χ2v) is 5.05. The van der Waals surface area contributed by atoms with Crippen molar-refractivity contribution < 1.29 is 9.53 Å². The quantitative estimate of drug-likeness (QED) is 0.703. The van der Waals surface area contributed by atoms with Crippen molar-refractivity contribution in [3.63, 3.8) is 0 Å². The molecule has 2 nitrogen and oxygen atoms in total. The number of hydrogen-bond acceptors (Lipinski definition) is 3. The molecular formula is C11H16O2S. The number of esters is 1. The SMILES string of the molecule is CCc1ccsc1C(=O)OC(C)(C)C. The molecule has 1 aromatic rings. The third-order valence-electron chi connectivity index (χ3n) is 1.71. The Hall–Kier alpha value is -0.830. The van der Waals surface area contributed by atoms with Crippen LogP contribution in [0.25, 0.3) is 0 Å². The summed E-state index contributed by atoms with van der Waals surface area (Å²) in [6.45, 7) is 7.67. The molecule has 0 amide bonds. The fraction of sp³-hybridized carbons (Fsp3) is 0.545. The van der Waals surface area contributed by atoms with E-state index in [1.807, 2.05) is 39.1 Å². The van der Waals surface area contributed by atoms with Gasteiger partial charge in [0.05, 0.1) is 0 Å². The van der Waals surface area contributed by atoms with Gasteiger partial charge in [0, 0.05) is 0 Å². The van der Waals surface area contributed by atoms with Crippen LogP contribution < -0.4 is 0 Å². The molecule has 0 radical (unpaired) electrons. The molecule has 0 unspecified atom stereocenters. The fourth-order valence-electron chi connectivity index (χ4n) is 1.12. The number of ether oxygens (including phenoxy) is 1. The molecule has 0 aliphatic heterocycles. The fourth-order valence-corrected chi connectivity index (χ4v) is 1.99. The predicted octanol–water partition coefficient (Wildman–Crippen LogP) is 3.27. The van der Waals surface area contributed by atoms with E-state index >= 15 is 0 Å². The molecule has 0 aliphatic rings. The summed E-state index contributed by atoms with van der Waals surface area (Å²) in [6, 6.07) is 1.98. The van der Waals surface area contributed by atoms with E-state index in [0.29, 0.717) is 0 Å². The molecule has 0 atom stereocenters. The first kappa shape index (κ1) is 11.2. The van der Waals surface area contributed by atoms with Gasteiger partial charge in [-0.05, 0) is 44.2 Å². The minimum absolute atomic E-state index is 0.204. The van der Waals surface area contributed by atoms with E-state index in [1.54, 1.807) is 0 Å². The van der Waals surface area contributed by atoms with E-state index in [9.17, 15) is 4.79 Å². The largest absolute Gasteiger partial charge is 0.456 e. The van der Waals surface area contributed by atoms with Crippen LogP contribution in [-0.4, -0.2) is 11.6 Å². The maximum absolute atomic E-state index is 11.7. The lowest BCUT2D eigenvalue weighted by atomic mass is 10.2. The minimum Gasteiger partial charge on any atom is -0.456 e. The standard InChI is InChI=1S/C11H16O2S/c1-5-8-6-7-14-9(8)10(12)13-11(2,3)4/h6-7H,5H2,1-4H3. The van der Waals surface area contributed by atoms with Crippen molar-refractivity contribution in [2.45, 2.75) is 39.7 Å². The second kappa shape index (κ2) is 4.13. The monoisotopic (exact) mass is 212 g/mol.